The van der Waals surface area contributed by atoms with Crippen molar-refractivity contribution >= 4 is 0 Å². The summed E-state index contributed by atoms with van der Waals surface area (Å²) in [5, 5.41) is 7.09. The number of hydrogen-bond donors (Lipinski definition) is 2. The van der Waals surface area contributed by atoms with Crippen LogP contribution in [-0.4, -0.2) is 50.2 Å². The van der Waals surface area contributed by atoms with Crippen LogP contribution in [0.4, 0.5) is 0 Å². The van der Waals surface area contributed by atoms with E-state index in [-0.39, 0.29) is 0 Å². The average molecular weight is 169 g/mol. The fraction of sp³-hybridized carbons (Fsp3) is 1.00. The minimum absolute atomic E-state index is 0.737. The summed E-state index contributed by atoms with van der Waals surface area (Å²) in [5.41, 5.74) is 0. The van der Waals surface area contributed by atoms with Crippen molar-refractivity contribution < 1.29 is 0 Å². The van der Waals surface area contributed by atoms with Crippen LogP contribution >= 0.6 is 0 Å². The van der Waals surface area contributed by atoms with Crippen LogP contribution < -0.4 is 10.6 Å². The van der Waals surface area contributed by atoms with Gasteiger partial charge in [-0.1, -0.05) is 0 Å². The summed E-state index contributed by atoms with van der Waals surface area (Å²) in [5.74, 6) is 0. The molecule has 2 heterocycles. The second-order valence-electron chi connectivity index (χ2n) is 4.10. The summed E-state index contributed by atoms with van der Waals surface area (Å²) in [6.07, 6.45) is 2.63. The molecule has 0 amide bonds. The van der Waals surface area contributed by atoms with Crippen LogP contribution in [0, 0.1) is 0 Å². The molecule has 3 nitrogen and oxygen atoms in total. The summed E-state index contributed by atoms with van der Waals surface area (Å²) in [6, 6.07) is 1.49. The van der Waals surface area contributed by atoms with Gasteiger partial charge >= 0.3 is 0 Å². The Balaban J connectivity index is 1.72. The van der Waals surface area contributed by atoms with Crippen molar-refractivity contribution in [2.75, 3.05) is 33.2 Å². The Morgan fingerprint density at radius 2 is 2.25 bits per heavy atom. The van der Waals surface area contributed by atoms with Crippen LogP contribution in [-0.2, 0) is 0 Å². The van der Waals surface area contributed by atoms with Crippen LogP contribution in [0.5, 0.6) is 0 Å². The van der Waals surface area contributed by atoms with Gasteiger partial charge in [0.1, 0.15) is 0 Å². The standard InChI is InChI=1S/C9H19N3/c1-12-5-3-9(7-12)11-8-2-4-10-6-8/h8-11H,2-7H2,1H3. The summed E-state index contributed by atoms with van der Waals surface area (Å²) in [7, 11) is 2.20. The molecule has 70 valence electrons. The van der Waals surface area contributed by atoms with Gasteiger partial charge in [-0.2, -0.15) is 0 Å². The van der Waals surface area contributed by atoms with Crippen LogP contribution in [0.3, 0.4) is 0 Å². The molecule has 0 bridgehead atoms. The van der Waals surface area contributed by atoms with Gasteiger partial charge in [0, 0.05) is 25.2 Å². The molecule has 2 rings (SSSR count). The van der Waals surface area contributed by atoms with E-state index in [0.717, 1.165) is 12.1 Å². The van der Waals surface area contributed by atoms with Crippen molar-refractivity contribution in [3.8, 4) is 0 Å². The summed E-state index contributed by atoms with van der Waals surface area (Å²) in [6.45, 7) is 4.86. The molecule has 0 spiro atoms. The quantitative estimate of drug-likeness (QED) is 0.591. The van der Waals surface area contributed by atoms with E-state index in [4.69, 9.17) is 0 Å². The topological polar surface area (TPSA) is 27.3 Å². The first-order valence-electron chi connectivity index (χ1n) is 5.00. The molecule has 0 aromatic carbocycles. The molecular weight excluding hydrogens is 150 g/mol. The smallest absolute Gasteiger partial charge is 0.0210 e. The molecule has 12 heavy (non-hydrogen) atoms. The Hall–Kier alpha value is -0.120. The van der Waals surface area contributed by atoms with Crippen molar-refractivity contribution in [3.63, 3.8) is 0 Å². The Kier molecular flexibility index (Phi) is 2.63. The van der Waals surface area contributed by atoms with Crippen molar-refractivity contribution in [1.29, 1.82) is 0 Å². The average Bonchev–Trinajstić information content (AvgIpc) is 2.63. The number of rotatable bonds is 2. The van der Waals surface area contributed by atoms with Gasteiger partial charge in [-0.05, 0) is 33.0 Å². The zero-order chi connectivity index (χ0) is 8.39. The molecule has 2 aliphatic heterocycles. The van der Waals surface area contributed by atoms with Gasteiger partial charge in [-0.3, -0.25) is 0 Å². The largest absolute Gasteiger partial charge is 0.315 e. The lowest BCUT2D eigenvalue weighted by molar-refractivity contribution is 0.385. The molecule has 0 saturated carbocycles. The molecule has 2 saturated heterocycles. The van der Waals surface area contributed by atoms with E-state index in [2.05, 4.69) is 22.6 Å². The normalized spacial score (nSPS) is 37.8. The van der Waals surface area contributed by atoms with Crippen LogP contribution in [0.2, 0.25) is 0 Å². The molecule has 0 radical (unpaired) electrons. The Labute approximate surface area is 74.5 Å². The van der Waals surface area contributed by atoms with Crippen LogP contribution in [0.1, 0.15) is 12.8 Å². The predicted molar refractivity (Wildman–Crippen MR) is 50.3 cm³/mol. The number of nitrogens with zero attached hydrogens (tertiary/aromatic N) is 1. The fourth-order valence-corrected chi connectivity index (χ4v) is 2.20. The lowest BCUT2D eigenvalue weighted by Crippen LogP contribution is -2.40. The first-order chi connectivity index (χ1) is 5.84. The highest BCUT2D eigenvalue weighted by molar-refractivity contribution is 4.85. The van der Waals surface area contributed by atoms with Gasteiger partial charge in [0.05, 0.1) is 0 Å². The van der Waals surface area contributed by atoms with Gasteiger partial charge in [0.15, 0.2) is 0 Å². The first kappa shape index (κ1) is 8.48. The number of likely N-dealkylation sites (tertiary alicyclic amines) is 1. The zero-order valence-corrected chi connectivity index (χ0v) is 7.84. The minimum Gasteiger partial charge on any atom is -0.315 e. The lowest BCUT2D eigenvalue weighted by Gasteiger charge is -2.17. The monoisotopic (exact) mass is 169 g/mol. The summed E-state index contributed by atoms with van der Waals surface area (Å²) < 4.78 is 0. The van der Waals surface area contributed by atoms with Crippen LogP contribution in [0.25, 0.3) is 0 Å². The molecule has 2 aliphatic rings. The highest BCUT2D eigenvalue weighted by Crippen LogP contribution is 2.08. The Bertz CT molecular complexity index is 143. The maximum Gasteiger partial charge on any atom is 0.0210 e. The highest BCUT2D eigenvalue weighted by Gasteiger charge is 2.23. The van der Waals surface area contributed by atoms with Gasteiger partial charge in [-0.25, -0.2) is 0 Å². The summed E-state index contributed by atoms with van der Waals surface area (Å²) in [4.78, 5) is 2.40. The van der Waals surface area contributed by atoms with Crippen molar-refractivity contribution in [1.82, 2.24) is 15.5 Å². The van der Waals surface area contributed by atoms with Gasteiger partial charge < -0.3 is 15.5 Å². The number of hydrogen-bond acceptors (Lipinski definition) is 3. The third-order valence-electron chi connectivity index (χ3n) is 2.92. The molecular formula is C9H19N3. The van der Waals surface area contributed by atoms with E-state index in [0.29, 0.717) is 0 Å². The number of nitrogens with one attached hydrogen (secondary N) is 2. The minimum atomic E-state index is 0.737. The van der Waals surface area contributed by atoms with Crippen molar-refractivity contribution in [2.24, 2.45) is 0 Å². The summed E-state index contributed by atoms with van der Waals surface area (Å²) >= 11 is 0. The van der Waals surface area contributed by atoms with E-state index in [9.17, 15) is 0 Å². The SMILES string of the molecule is CN1CCC(NC2CCNC2)C1. The molecule has 2 N–H and O–H groups in total. The van der Waals surface area contributed by atoms with E-state index in [1.165, 1.54) is 39.0 Å². The predicted octanol–water partition coefficient (Wildman–Crippen LogP) is -0.358. The van der Waals surface area contributed by atoms with Gasteiger partial charge in [0.25, 0.3) is 0 Å². The van der Waals surface area contributed by atoms with Crippen molar-refractivity contribution in [2.45, 2.75) is 24.9 Å². The Morgan fingerprint density at radius 1 is 1.33 bits per heavy atom. The maximum absolute atomic E-state index is 3.70. The third-order valence-corrected chi connectivity index (χ3v) is 2.92. The molecule has 3 heteroatoms. The van der Waals surface area contributed by atoms with Crippen LogP contribution in [0.15, 0.2) is 0 Å². The van der Waals surface area contributed by atoms with Gasteiger partial charge in [-0.15, -0.1) is 0 Å². The fourth-order valence-electron chi connectivity index (χ4n) is 2.20. The van der Waals surface area contributed by atoms with E-state index in [1.54, 1.807) is 0 Å². The lowest BCUT2D eigenvalue weighted by atomic mass is 10.2. The third kappa shape index (κ3) is 1.97. The highest BCUT2D eigenvalue weighted by atomic mass is 15.2. The second-order valence-corrected chi connectivity index (χ2v) is 4.10. The second kappa shape index (κ2) is 3.73. The van der Waals surface area contributed by atoms with E-state index < -0.39 is 0 Å². The molecule has 0 aromatic rings. The number of likely N-dealkylation sites (N-methyl/N-ethyl adjacent to an activating group) is 1. The maximum atomic E-state index is 3.70. The Morgan fingerprint density at radius 3 is 2.83 bits per heavy atom. The van der Waals surface area contributed by atoms with E-state index in [1.807, 2.05) is 0 Å². The zero-order valence-electron chi connectivity index (χ0n) is 7.84. The molecule has 2 atom stereocenters. The van der Waals surface area contributed by atoms with E-state index >= 15 is 0 Å². The molecule has 0 aliphatic carbocycles. The molecule has 2 unspecified atom stereocenters. The molecule has 0 aromatic heterocycles. The van der Waals surface area contributed by atoms with Crippen molar-refractivity contribution in [3.05, 3.63) is 0 Å². The molecule has 2 fully saturated rings. The first-order valence-corrected chi connectivity index (χ1v) is 5.00. The van der Waals surface area contributed by atoms with Gasteiger partial charge in [0.2, 0.25) is 0 Å².